The van der Waals surface area contributed by atoms with Gasteiger partial charge in [0.1, 0.15) is 0 Å². The van der Waals surface area contributed by atoms with Crippen LogP contribution in [0.2, 0.25) is 0 Å². The Balaban J connectivity index is 3.15. The number of methoxy groups -OCH3 is 1. The van der Waals surface area contributed by atoms with E-state index in [0.717, 1.165) is 11.8 Å². The van der Waals surface area contributed by atoms with Crippen LogP contribution in [-0.4, -0.2) is 24.9 Å². The molecule has 0 saturated carbocycles. The predicted octanol–water partition coefficient (Wildman–Crippen LogP) is 0.438. The Hall–Kier alpha value is -1.92. The molecule has 0 unspecified atom stereocenters. The highest BCUT2D eigenvalue weighted by atomic mass is 16.6. The Morgan fingerprint density at radius 3 is 2.94 bits per heavy atom. The Labute approximate surface area is 99.7 Å². The van der Waals surface area contributed by atoms with Crippen LogP contribution >= 0.6 is 0 Å². The number of pyridine rings is 1. The van der Waals surface area contributed by atoms with E-state index in [1.54, 1.807) is 13.3 Å². The quantitative estimate of drug-likeness (QED) is 0.377. The first-order valence-electron chi connectivity index (χ1n) is 5.04. The average molecular weight is 236 g/mol. The molecule has 6 nitrogen and oxygen atoms in total. The van der Waals surface area contributed by atoms with Crippen molar-refractivity contribution in [2.24, 2.45) is 11.6 Å². The van der Waals surface area contributed by atoms with E-state index in [1.165, 1.54) is 0 Å². The van der Waals surface area contributed by atoms with Gasteiger partial charge in [-0.25, -0.2) is 0 Å². The molecule has 0 amide bonds. The van der Waals surface area contributed by atoms with E-state index >= 15 is 0 Å². The number of nitrogens with two attached hydrogens (primary N) is 2. The number of allylic oxidation sites excluding steroid dienone is 1. The van der Waals surface area contributed by atoms with Gasteiger partial charge in [-0.1, -0.05) is 6.07 Å². The topological polar surface area (TPSA) is 107 Å². The molecule has 1 heterocycles. The fourth-order valence-electron chi connectivity index (χ4n) is 1.41. The summed E-state index contributed by atoms with van der Waals surface area (Å²) in [6, 6.07) is 3.71. The molecular formula is C11H16N4O2. The molecule has 0 bridgehead atoms. The number of ether oxygens (including phenoxy) is 1. The van der Waals surface area contributed by atoms with Gasteiger partial charge in [-0.2, -0.15) is 5.90 Å². The number of rotatable bonds is 6. The molecule has 0 aliphatic rings. The highest BCUT2D eigenvalue weighted by Crippen LogP contribution is 2.17. The molecule has 0 aromatic carbocycles. The Bertz CT molecular complexity index is 418. The van der Waals surface area contributed by atoms with Crippen molar-refractivity contribution >= 4 is 11.8 Å². The van der Waals surface area contributed by atoms with E-state index in [4.69, 9.17) is 21.8 Å². The largest absolute Gasteiger partial charge is 0.393 e. The minimum atomic E-state index is -0.0302. The van der Waals surface area contributed by atoms with Crippen molar-refractivity contribution < 1.29 is 9.57 Å². The van der Waals surface area contributed by atoms with Crippen LogP contribution in [0.3, 0.4) is 0 Å². The molecule has 0 aliphatic heterocycles. The third-order valence-electron chi connectivity index (χ3n) is 2.26. The van der Waals surface area contributed by atoms with E-state index in [0.29, 0.717) is 24.3 Å². The van der Waals surface area contributed by atoms with Crippen molar-refractivity contribution in [1.29, 1.82) is 5.41 Å². The molecular weight excluding hydrogens is 220 g/mol. The maximum absolute atomic E-state index is 7.34. The van der Waals surface area contributed by atoms with Crippen LogP contribution in [-0.2, 0) is 16.0 Å². The highest BCUT2D eigenvalue weighted by Gasteiger charge is 2.11. The van der Waals surface area contributed by atoms with E-state index in [1.807, 2.05) is 12.1 Å². The number of hydrogen-bond donors (Lipinski definition) is 3. The van der Waals surface area contributed by atoms with Crippen LogP contribution in [0, 0.1) is 5.41 Å². The molecule has 1 aromatic rings. The van der Waals surface area contributed by atoms with Gasteiger partial charge in [0.15, 0.2) is 0 Å². The third-order valence-corrected chi connectivity index (χ3v) is 2.26. The Kier molecular flexibility index (Phi) is 5.12. The highest BCUT2D eigenvalue weighted by molar-refractivity contribution is 6.08. The third kappa shape index (κ3) is 3.27. The predicted molar refractivity (Wildman–Crippen MR) is 65.0 cm³/mol. The van der Waals surface area contributed by atoms with Crippen molar-refractivity contribution in [1.82, 2.24) is 4.98 Å². The van der Waals surface area contributed by atoms with Gasteiger partial charge in [-0.15, -0.1) is 0 Å². The van der Waals surface area contributed by atoms with Crippen LogP contribution in [0.15, 0.2) is 24.2 Å². The molecule has 0 aliphatic carbocycles. The van der Waals surface area contributed by atoms with Crippen molar-refractivity contribution in [3.8, 4) is 0 Å². The second kappa shape index (κ2) is 6.62. The van der Waals surface area contributed by atoms with Gasteiger partial charge in [0.25, 0.3) is 0 Å². The summed E-state index contributed by atoms with van der Waals surface area (Å²) in [7, 11) is 1.63. The van der Waals surface area contributed by atoms with Gasteiger partial charge in [-0.05, 0) is 18.1 Å². The van der Waals surface area contributed by atoms with Crippen LogP contribution in [0.1, 0.15) is 11.3 Å². The van der Waals surface area contributed by atoms with Crippen LogP contribution in [0.4, 0.5) is 0 Å². The molecule has 0 saturated heterocycles. The van der Waals surface area contributed by atoms with E-state index in [-0.39, 0.29) is 5.88 Å². The van der Waals surface area contributed by atoms with Crippen molar-refractivity contribution in [2.45, 2.75) is 6.42 Å². The molecule has 92 valence electrons. The van der Waals surface area contributed by atoms with Gasteiger partial charge < -0.3 is 20.7 Å². The first-order chi connectivity index (χ1) is 8.24. The minimum Gasteiger partial charge on any atom is -0.393 e. The van der Waals surface area contributed by atoms with Gasteiger partial charge in [0.2, 0.25) is 5.88 Å². The van der Waals surface area contributed by atoms with Crippen LogP contribution in [0.25, 0.3) is 5.57 Å². The smallest absolute Gasteiger partial charge is 0.220 e. The molecule has 0 radical (unpaired) electrons. The molecule has 5 N–H and O–H groups in total. The number of nitrogens with zero attached hydrogens (tertiary/aromatic N) is 1. The van der Waals surface area contributed by atoms with Gasteiger partial charge in [-0.3, -0.25) is 4.98 Å². The minimum absolute atomic E-state index is 0.0302. The summed E-state index contributed by atoms with van der Waals surface area (Å²) in [5.41, 5.74) is 7.44. The maximum Gasteiger partial charge on any atom is 0.220 e. The molecule has 6 heteroatoms. The zero-order valence-corrected chi connectivity index (χ0v) is 9.64. The fourth-order valence-corrected chi connectivity index (χ4v) is 1.41. The van der Waals surface area contributed by atoms with Gasteiger partial charge >= 0.3 is 0 Å². The van der Waals surface area contributed by atoms with Crippen molar-refractivity contribution in [3.63, 3.8) is 0 Å². The number of aromatic nitrogens is 1. The maximum atomic E-state index is 7.34. The first kappa shape index (κ1) is 13.1. The van der Waals surface area contributed by atoms with Gasteiger partial charge in [0.05, 0.1) is 17.9 Å². The van der Waals surface area contributed by atoms with Gasteiger partial charge in [0, 0.05) is 19.5 Å². The zero-order valence-electron chi connectivity index (χ0n) is 9.64. The second-order valence-corrected chi connectivity index (χ2v) is 3.29. The molecule has 17 heavy (non-hydrogen) atoms. The first-order valence-corrected chi connectivity index (χ1v) is 5.04. The number of hydrogen-bond acceptors (Lipinski definition) is 6. The SMILES string of the molecule is COCCc1cccnc1C(C=N)=C(N)ON. The van der Waals surface area contributed by atoms with Crippen LogP contribution in [0.5, 0.6) is 0 Å². The number of nitrogens with one attached hydrogen (secondary N) is 1. The molecule has 0 fully saturated rings. The summed E-state index contributed by atoms with van der Waals surface area (Å²) >= 11 is 0. The Morgan fingerprint density at radius 2 is 2.35 bits per heavy atom. The molecule has 1 rings (SSSR count). The summed E-state index contributed by atoms with van der Waals surface area (Å²) in [4.78, 5) is 8.64. The van der Waals surface area contributed by atoms with Crippen molar-refractivity contribution in [2.75, 3.05) is 13.7 Å². The molecule has 1 aromatic heterocycles. The average Bonchev–Trinajstić information content (AvgIpc) is 2.38. The summed E-state index contributed by atoms with van der Waals surface area (Å²) in [6.07, 6.45) is 3.37. The van der Waals surface area contributed by atoms with Crippen LogP contribution < -0.4 is 11.6 Å². The summed E-state index contributed by atoms with van der Waals surface area (Å²) in [6.45, 7) is 0.563. The van der Waals surface area contributed by atoms with Crippen molar-refractivity contribution in [3.05, 3.63) is 35.5 Å². The fraction of sp³-hybridized carbons (Fsp3) is 0.273. The van der Waals surface area contributed by atoms with E-state index in [9.17, 15) is 0 Å². The molecule has 0 spiro atoms. The lowest BCUT2D eigenvalue weighted by atomic mass is 10.0. The summed E-state index contributed by atoms with van der Waals surface area (Å²) in [5, 5.41) is 7.34. The lowest BCUT2D eigenvalue weighted by Crippen LogP contribution is -2.13. The Morgan fingerprint density at radius 1 is 1.59 bits per heavy atom. The monoisotopic (exact) mass is 236 g/mol. The second-order valence-electron chi connectivity index (χ2n) is 3.29. The summed E-state index contributed by atoms with van der Waals surface area (Å²) < 4.78 is 5.01. The van der Waals surface area contributed by atoms with E-state index in [2.05, 4.69) is 9.82 Å². The van der Waals surface area contributed by atoms with E-state index < -0.39 is 0 Å². The lowest BCUT2D eigenvalue weighted by molar-refractivity contribution is 0.202. The standard InChI is InChI=1S/C11H16N4O2/c1-16-6-4-8-3-2-5-15-10(8)9(7-12)11(13)17-14/h2-3,5,7,12H,4,6,13-14H2,1H3. The zero-order chi connectivity index (χ0) is 12.7. The lowest BCUT2D eigenvalue weighted by Gasteiger charge is -2.10. The molecule has 0 atom stereocenters. The summed E-state index contributed by atoms with van der Waals surface area (Å²) in [5.74, 6) is 4.97. The normalized spacial score (nSPS) is 11.9.